The van der Waals surface area contributed by atoms with E-state index >= 15 is 0 Å². The Morgan fingerprint density at radius 1 is 0.246 bits per heavy atom. The van der Waals surface area contributed by atoms with Crippen molar-refractivity contribution in [1.29, 1.82) is 0 Å². The van der Waals surface area contributed by atoms with Crippen LogP contribution in [0.5, 0.6) is 0 Å². The van der Waals surface area contributed by atoms with Gasteiger partial charge in [0.1, 0.15) is 0 Å². The quantitative estimate of drug-likeness (QED) is 0.170. The van der Waals surface area contributed by atoms with Gasteiger partial charge >= 0.3 is 0 Å². The fraction of sp³-hybridized carbons (Fsp3) is 0.0149. The Morgan fingerprint density at radius 2 is 0.638 bits per heavy atom. The first-order chi connectivity index (χ1) is 34.3. The third-order valence-electron chi connectivity index (χ3n) is 14.8. The van der Waals surface area contributed by atoms with Gasteiger partial charge in [0, 0.05) is 33.9 Å². The number of hydrogen-bond donors (Lipinski definition) is 0. The highest BCUT2D eigenvalue weighted by Gasteiger charge is 2.49. The van der Waals surface area contributed by atoms with Crippen molar-refractivity contribution in [1.82, 2.24) is 0 Å². The van der Waals surface area contributed by atoms with E-state index in [0.717, 1.165) is 34.1 Å². The molecule has 0 unspecified atom stereocenters. The number of hydrogen-bond acceptors (Lipinski definition) is 2. The Hall–Kier alpha value is -8.98. The molecule has 2 heteroatoms. The van der Waals surface area contributed by atoms with Crippen LogP contribution < -0.4 is 9.80 Å². The maximum absolute atomic E-state index is 2.52. The van der Waals surface area contributed by atoms with Gasteiger partial charge in [-0.25, -0.2) is 0 Å². The first-order valence-electron chi connectivity index (χ1n) is 23.9. The standard InChI is InChI=1S/C67H44N2/c1-3-19-45(20-4-1)46-35-37-48(38-36-46)68(49-40-42-66-60(43-49)54-26-10-9-25-53(54)59-30-14-18-34-65(59)69(66)47-21-5-2-6-22-47)50-39-41-58-52-24-8-7-23-51(52)55-27-11-15-31-61(55)67(64(58)44-50)62-32-16-12-28-56(62)57-29-13-17-33-63(57)67/h1-44H. The van der Waals surface area contributed by atoms with Crippen LogP contribution >= 0.6 is 0 Å². The van der Waals surface area contributed by atoms with E-state index in [2.05, 4.69) is 277 Å². The van der Waals surface area contributed by atoms with Crippen molar-refractivity contribution in [2.75, 3.05) is 9.80 Å². The summed E-state index contributed by atoms with van der Waals surface area (Å²) in [5, 5.41) is 0. The lowest BCUT2D eigenvalue weighted by atomic mass is 9.66. The lowest BCUT2D eigenvalue weighted by Crippen LogP contribution is -2.29. The van der Waals surface area contributed by atoms with Crippen LogP contribution in [0, 0.1) is 0 Å². The van der Waals surface area contributed by atoms with Gasteiger partial charge in [-0.1, -0.05) is 206 Å². The molecule has 11 aromatic carbocycles. The molecule has 1 aliphatic heterocycles. The van der Waals surface area contributed by atoms with E-state index in [1.165, 1.54) is 89.0 Å². The number of benzene rings is 11. The highest BCUT2D eigenvalue weighted by Crippen LogP contribution is 2.62. The molecule has 1 heterocycles. The summed E-state index contributed by atoms with van der Waals surface area (Å²) in [5.74, 6) is 0. The minimum atomic E-state index is -0.606. The van der Waals surface area contributed by atoms with E-state index < -0.39 is 5.41 Å². The second-order valence-electron chi connectivity index (χ2n) is 18.3. The van der Waals surface area contributed by atoms with Crippen LogP contribution in [0.3, 0.4) is 0 Å². The van der Waals surface area contributed by atoms with Gasteiger partial charge in [-0.05, 0) is 139 Å². The number of fused-ring (bicyclic) bond motifs is 17. The number of rotatable bonds is 5. The van der Waals surface area contributed by atoms with Gasteiger partial charge < -0.3 is 9.80 Å². The number of anilines is 6. The highest BCUT2D eigenvalue weighted by atomic mass is 15.2. The van der Waals surface area contributed by atoms with E-state index in [-0.39, 0.29) is 0 Å². The van der Waals surface area contributed by atoms with Crippen molar-refractivity contribution in [3.63, 3.8) is 0 Å². The van der Waals surface area contributed by atoms with E-state index in [1.807, 2.05) is 0 Å². The molecule has 0 saturated heterocycles. The van der Waals surface area contributed by atoms with Crippen molar-refractivity contribution in [3.8, 4) is 66.8 Å². The molecule has 0 fully saturated rings. The first kappa shape index (κ1) is 39.2. The summed E-state index contributed by atoms with van der Waals surface area (Å²) >= 11 is 0. The molecule has 0 bridgehead atoms. The fourth-order valence-electron chi connectivity index (χ4n) is 12.0. The maximum atomic E-state index is 2.52. The van der Waals surface area contributed by atoms with Gasteiger partial charge in [-0.15, -0.1) is 0 Å². The van der Waals surface area contributed by atoms with Crippen LogP contribution in [0.15, 0.2) is 267 Å². The van der Waals surface area contributed by atoms with Gasteiger partial charge in [0.05, 0.1) is 16.8 Å². The van der Waals surface area contributed by atoms with Crippen LogP contribution in [-0.2, 0) is 5.41 Å². The van der Waals surface area contributed by atoms with E-state index in [9.17, 15) is 0 Å². The van der Waals surface area contributed by atoms with Crippen LogP contribution in [-0.4, -0.2) is 0 Å². The van der Waals surface area contributed by atoms with Gasteiger partial charge in [0.2, 0.25) is 0 Å². The first-order valence-corrected chi connectivity index (χ1v) is 23.9. The molecule has 0 amide bonds. The van der Waals surface area contributed by atoms with Gasteiger partial charge in [0.25, 0.3) is 0 Å². The summed E-state index contributed by atoms with van der Waals surface area (Å²) < 4.78 is 0. The molecule has 11 aromatic rings. The van der Waals surface area contributed by atoms with Crippen LogP contribution in [0.2, 0.25) is 0 Å². The fourth-order valence-corrected chi connectivity index (χ4v) is 12.0. The largest absolute Gasteiger partial charge is 0.310 e. The third kappa shape index (κ3) is 5.86. The van der Waals surface area contributed by atoms with E-state index in [4.69, 9.17) is 0 Å². The number of para-hydroxylation sites is 2. The van der Waals surface area contributed by atoms with Crippen molar-refractivity contribution in [2.45, 2.75) is 5.41 Å². The Kier molecular flexibility index (Phi) is 8.84. The topological polar surface area (TPSA) is 6.48 Å². The molecular formula is C67H44N2. The van der Waals surface area contributed by atoms with Crippen LogP contribution in [0.1, 0.15) is 22.3 Å². The van der Waals surface area contributed by atoms with Crippen molar-refractivity contribution < 1.29 is 0 Å². The minimum absolute atomic E-state index is 0.606. The molecule has 0 atom stereocenters. The Balaban J connectivity index is 1.06. The molecule has 0 aromatic heterocycles. The highest BCUT2D eigenvalue weighted by molar-refractivity contribution is 6.04. The van der Waals surface area contributed by atoms with Gasteiger partial charge in [-0.2, -0.15) is 0 Å². The molecule has 0 saturated carbocycles. The average molecular weight is 877 g/mol. The predicted octanol–water partition coefficient (Wildman–Crippen LogP) is 18.0. The predicted molar refractivity (Wildman–Crippen MR) is 287 cm³/mol. The monoisotopic (exact) mass is 876 g/mol. The van der Waals surface area contributed by atoms with E-state index in [1.54, 1.807) is 0 Å². The van der Waals surface area contributed by atoms with Crippen molar-refractivity contribution in [2.24, 2.45) is 0 Å². The molecule has 69 heavy (non-hydrogen) atoms. The molecule has 322 valence electrons. The molecule has 0 N–H and O–H groups in total. The molecule has 14 rings (SSSR count). The minimum Gasteiger partial charge on any atom is -0.310 e. The molecule has 1 spiro atoms. The summed E-state index contributed by atoms with van der Waals surface area (Å²) in [6.45, 7) is 0. The second-order valence-corrected chi connectivity index (χ2v) is 18.3. The van der Waals surface area contributed by atoms with E-state index in [0.29, 0.717) is 0 Å². The Morgan fingerprint density at radius 3 is 1.25 bits per heavy atom. The zero-order valence-electron chi connectivity index (χ0n) is 37.8. The zero-order chi connectivity index (χ0) is 45.5. The van der Waals surface area contributed by atoms with Gasteiger partial charge in [0.15, 0.2) is 0 Å². The third-order valence-corrected chi connectivity index (χ3v) is 14.8. The smallest absolute Gasteiger partial charge is 0.0726 e. The maximum Gasteiger partial charge on any atom is 0.0726 e. The van der Waals surface area contributed by atoms with Gasteiger partial charge in [-0.3, -0.25) is 0 Å². The molecule has 3 aliphatic rings. The second kappa shape index (κ2) is 15.6. The van der Waals surface area contributed by atoms with Crippen molar-refractivity contribution in [3.05, 3.63) is 289 Å². The average Bonchev–Trinajstić information content (AvgIpc) is 3.59. The Bertz CT molecular complexity index is 3750. The summed E-state index contributed by atoms with van der Waals surface area (Å²) in [6.07, 6.45) is 0. The summed E-state index contributed by atoms with van der Waals surface area (Å²) in [4.78, 5) is 4.91. The molecular weight excluding hydrogens is 833 g/mol. The molecule has 2 aliphatic carbocycles. The molecule has 2 nitrogen and oxygen atoms in total. The summed E-state index contributed by atoms with van der Waals surface area (Å²) in [7, 11) is 0. The zero-order valence-corrected chi connectivity index (χ0v) is 37.8. The summed E-state index contributed by atoms with van der Waals surface area (Å²) in [5.41, 5.74) is 26.0. The lowest BCUT2D eigenvalue weighted by Gasteiger charge is -2.36. The normalized spacial score (nSPS) is 13.0. The molecule has 0 radical (unpaired) electrons. The summed E-state index contributed by atoms with van der Waals surface area (Å²) in [6, 6.07) is 99.0. The van der Waals surface area contributed by atoms with Crippen molar-refractivity contribution >= 4 is 34.1 Å². The lowest BCUT2D eigenvalue weighted by molar-refractivity contribution is 0.775. The number of nitrogens with zero attached hydrogens (tertiary/aromatic N) is 2. The Labute approximate surface area is 403 Å². The van der Waals surface area contributed by atoms with Crippen LogP contribution in [0.25, 0.3) is 66.8 Å². The SMILES string of the molecule is c1ccc(-c2ccc(N(c3ccc4c(c3)-c3ccccc3-c3ccccc3N4c3ccccc3)c3ccc4c(c3)C3(c5ccccc5-c5ccccc5-4)c4ccccc4-c4ccccc43)cc2)cc1. The van der Waals surface area contributed by atoms with Crippen LogP contribution in [0.4, 0.5) is 34.1 Å².